The van der Waals surface area contributed by atoms with Gasteiger partial charge in [-0.15, -0.1) is 0 Å². The van der Waals surface area contributed by atoms with Crippen molar-refractivity contribution < 1.29 is 8.42 Å². The van der Waals surface area contributed by atoms with Gasteiger partial charge in [0.2, 0.25) is 10.0 Å². The van der Waals surface area contributed by atoms with E-state index in [4.69, 9.17) is 0 Å². The fraction of sp³-hybridized carbons (Fsp3) is 0.133. The molecule has 0 radical (unpaired) electrons. The molecule has 7 nitrogen and oxygen atoms in total. The van der Waals surface area contributed by atoms with E-state index in [2.05, 4.69) is 35.7 Å². The normalized spacial score (nSPS) is 11.6. The summed E-state index contributed by atoms with van der Waals surface area (Å²) in [5, 5.41) is 4.34. The number of hydrogen-bond acceptors (Lipinski definition) is 5. The van der Waals surface area contributed by atoms with Crippen LogP contribution in [0.2, 0.25) is 0 Å². The van der Waals surface area contributed by atoms with Crippen molar-refractivity contribution in [2.24, 2.45) is 7.05 Å². The van der Waals surface area contributed by atoms with E-state index in [0.717, 1.165) is 0 Å². The highest BCUT2D eigenvalue weighted by molar-refractivity contribution is 9.10. The lowest BCUT2D eigenvalue weighted by molar-refractivity contribution is 0.576. The minimum absolute atomic E-state index is 0.118. The van der Waals surface area contributed by atoms with Crippen LogP contribution in [0.1, 0.15) is 5.69 Å². The highest BCUT2D eigenvalue weighted by Crippen LogP contribution is 2.21. The van der Waals surface area contributed by atoms with E-state index in [1.807, 2.05) is 0 Å². The van der Waals surface area contributed by atoms with Gasteiger partial charge in [-0.1, -0.05) is 12.1 Å². The molecule has 3 aromatic rings. The number of benzene rings is 1. The van der Waals surface area contributed by atoms with Crippen molar-refractivity contribution in [1.29, 1.82) is 0 Å². The van der Waals surface area contributed by atoms with E-state index in [1.165, 1.54) is 0 Å². The van der Waals surface area contributed by atoms with Gasteiger partial charge in [0.25, 0.3) is 0 Å². The number of aromatic nitrogens is 4. The van der Waals surface area contributed by atoms with Crippen LogP contribution in [-0.2, 0) is 23.6 Å². The number of aryl methyl sites for hydroxylation is 1. The quantitative estimate of drug-likeness (QED) is 0.699. The second kappa shape index (κ2) is 6.80. The van der Waals surface area contributed by atoms with E-state index in [9.17, 15) is 8.42 Å². The lowest BCUT2D eigenvalue weighted by Crippen LogP contribution is -2.24. The van der Waals surface area contributed by atoms with Crippen molar-refractivity contribution in [1.82, 2.24) is 24.5 Å². The molecule has 3 rings (SSSR count). The van der Waals surface area contributed by atoms with Crippen LogP contribution < -0.4 is 4.72 Å². The maximum Gasteiger partial charge on any atom is 0.242 e. The molecule has 1 aromatic carbocycles. The summed E-state index contributed by atoms with van der Waals surface area (Å²) in [7, 11) is -1.88. The van der Waals surface area contributed by atoms with Crippen LogP contribution in [0.3, 0.4) is 0 Å². The Morgan fingerprint density at radius 3 is 2.71 bits per heavy atom. The number of halogens is 1. The molecule has 0 bridgehead atoms. The molecule has 0 amide bonds. The molecule has 0 spiro atoms. The van der Waals surface area contributed by atoms with Crippen LogP contribution in [0.4, 0.5) is 0 Å². The van der Waals surface area contributed by atoms with Crippen molar-refractivity contribution in [2.75, 3.05) is 0 Å². The molecule has 0 aliphatic heterocycles. The van der Waals surface area contributed by atoms with Gasteiger partial charge in [-0.05, 0) is 34.1 Å². The molecule has 0 saturated carbocycles. The Labute approximate surface area is 148 Å². The van der Waals surface area contributed by atoms with Gasteiger partial charge in [0.1, 0.15) is 11.4 Å². The molecule has 124 valence electrons. The molecule has 0 saturated heterocycles. The third kappa shape index (κ3) is 3.53. The molecular formula is C15H14BrN5O2S. The molecule has 0 aliphatic rings. The Morgan fingerprint density at radius 2 is 2.00 bits per heavy atom. The van der Waals surface area contributed by atoms with Crippen molar-refractivity contribution in [2.45, 2.75) is 11.4 Å². The zero-order chi connectivity index (χ0) is 17.2. The molecule has 2 heterocycles. The fourth-order valence-electron chi connectivity index (χ4n) is 2.14. The predicted molar refractivity (Wildman–Crippen MR) is 92.4 cm³/mol. The molecule has 0 unspecified atom stereocenters. The summed E-state index contributed by atoms with van der Waals surface area (Å²) in [6, 6.07) is 8.45. The first kappa shape index (κ1) is 16.7. The first-order valence-electron chi connectivity index (χ1n) is 7.01. The molecule has 2 aromatic heterocycles. The third-order valence-corrected chi connectivity index (χ3v) is 5.79. The minimum Gasteiger partial charge on any atom is -0.271 e. The maximum atomic E-state index is 12.4. The summed E-state index contributed by atoms with van der Waals surface area (Å²) in [4.78, 5) is 8.39. The van der Waals surface area contributed by atoms with Gasteiger partial charge in [0, 0.05) is 23.9 Å². The van der Waals surface area contributed by atoms with Crippen molar-refractivity contribution in [3.8, 4) is 11.4 Å². The number of nitrogens with one attached hydrogen (secondary N) is 1. The average Bonchev–Trinajstić information content (AvgIpc) is 2.95. The van der Waals surface area contributed by atoms with Crippen molar-refractivity contribution in [3.05, 3.63) is 59.1 Å². The average molecular weight is 408 g/mol. The molecule has 0 fully saturated rings. The van der Waals surface area contributed by atoms with E-state index in [1.54, 1.807) is 60.7 Å². The van der Waals surface area contributed by atoms with Gasteiger partial charge in [-0.2, -0.15) is 5.10 Å². The van der Waals surface area contributed by atoms with Gasteiger partial charge in [0.05, 0.1) is 23.3 Å². The van der Waals surface area contributed by atoms with E-state index in [-0.39, 0.29) is 11.4 Å². The Hall–Kier alpha value is -2.10. The van der Waals surface area contributed by atoms with Gasteiger partial charge in [-0.25, -0.2) is 13.1 Å². The Morgan fingerprint density at radius 1 is 1.21 bits per heavy atom. The predicted octanol–water partition coefficient (Wildman–Crippen LogP) is 2.12. The molecular weight excluding hydrogens is 394 g/mol. The van der Waals surface area contributed by atoms with E-state index < -0.39 is 10.0 Å². The smallest absolute Gasteiger partial charge is 0.242 e. The summed E-state index contributed by atoms with van der Waals surface area (Å²) in [5.74, 6) is 0. The van der Waals surface area contributed by atoms with Crippen LogP contribution in [0, 0.1) is 0 Å². The summed E-state index contributed by atoms with van der Waals surface area (Å²) < 4.78 is 29.6. The topological polar surface area (TPSA) is 89.8 Å². The maximum absolute atomic E-state index is 12.4. The van der Waals surface area contributed by atoms with Gasteiger partial charge >= 0.3 is 0 Å². The Balaban J connectivity index is 1.80. The van der Waals surface area contributed by atoms with Crippen LogP contribution in [-0.4, -0.2) is 28.2 Å². The Kier molecular flexibility index (Phi) is 4.74. The molecule has 0 aliphatic carbocycles. The molecule has 1 N–H and O–H groups in total. The number of nitrogens with zero attached hydrogens (tertiary/aromatic N) is 4. The van der Waals surface area contributed by atoms with Crippen LogP contribution in [0.5, 0.6) is 0 Å². The third-order valence-electron chi connectivity index (χ3n) is 3.37. The first-order chi connectivity index (χ1) is 11.5. The first-order valence-corrected chi connectivity index (χ1v) is 9.28. The molecule has 24 heavy (non-hydrogen) atoms. The zero-order valence-corrected chi connectivity index (χ0v) is 15.1. The van der Waals surface area contributed by atoms with Gasteiger partial charge in [-0.3, -0.25) is 14.6 Å². The van der Waals surface area contributed by atoms with E-state index in [0.29, 0.717) is 21.6 Å². The van der Waals surface area contributed by atoms with Gasteiger partial charge < -0.3 is 0 Å². The highest BCUT2D eigenvalue weighted by atomic mass is 79.9. The molecule has 9 heteroatoms. The van der Waals surface area contributed by atoms with Crippen LogP contribution >= 0.6 is 15.9 Å². The second-order valence-corrected chi connectivity index (χ2v) is 7.58. The van der Waals surface area contributed by atoms with Gasteiger partial charge in [0.15, 0.2) is 0 Å². The van der Waals surface area contributed by atoms with Crippen molar-refractivity contribution in [3.63, 3.8) is 0 Å². The molecule has 0 atom stereocenters. The van der Waals surface area contributed by atoms with Crippen LogP contribution in [0.25, 0.3) is 11.4 Å². The number of rotatable bonds is 5. The van der Waals surface area contributed by atoms with E-state index >= 15 is 0 Å². The number of sulfonamides is 1. The Bertz CT molecular complexity index is 957. The summed E-state index contributed by atoms with van der Waals surface area (Å²) in [6.07, 6.45) is 4.77. The highest BCUT2D eigenvalue weighted by Gasteiger charge is 2.18. The summed E-state index contributed by atoms with van der Waals surface area (Å²) in [6.45, 7) is 0.118. The minimum atomic E-state index is -3.63. The zero-order valence-electron chi connectivity index (χ0n) is 12.7. The second-order valence-electron chi connectivity index (χ2n) is 4.99. The fourth-order valence-corrected chi connectivity index (χ4v) is 4.14. The van der Waals surface area contributed by atoms with Crippen molar-refractivity contribution >= 4 is 26.0 Å². The largest absolute Gasteiger partial charge is 0.271 e. The lowest BCUT2D eigenvalue weighted by Gasteiger charge is -2.08. The summed E-state index contributed by atoms with van der Waals surface area (Å²) >= 11 is 3.26. The summed E-state index contributed by atoms with van der Waals surface area (Å²) in [5.41, 5.74) is 1.99. The monoisotopic (exact) mass is 407 g/mol. The lowest BCUT2D eigenvalue weighted by atomic mass is 10.3. The standard InChI is InChI=1S/C15H14BrN5O2S/c1-21-11(8-13(20-21)14-10-17-6-7-18-14)9-19-24(22,23)15-5-3-2-4-12(15)16/h2-8,10,19H,9H2,1H3. The van der Waals surface area contributed by atoms with Crippen LogP contribution in [0.15, 0.2) is 58.3 Å². The SMILES string of the molecule is Cn1nc(-c2cnccn2)cc1CNS(=O)(=O)c1ccccc1Br. The number of hydrogen-bond donors (Lipinski definition) is 1.